The van der Waals surface area contributed by atoms with Crippen LogP contribution in [0.25, 0.3) is 44.5 Å². The maximum atomic E-state index is 2.54. The maximum absolute atomic E-state index is 2.54. The lowest BCUT2D eigenvalue weighted by Gasteiger charge is -2.30. The number of rotatable bonds is 5. The van der Waals surface area contributed by atoms with E-state index >= 15 is 0 Å². The average molecular weight is 662 g/mol. The van der Waals surface area contributed by atoms with Crippen LogP contribution in [0, 0.1) is 0 Å². The standard InChI is InChI=1S/C46H39NSi2/c1-48(2)42-23-12-11-21-40(42)46-41(22-14-24-43(46)48)47(36-20-13-19-34(29-36)32-15-7-5-8-16-32)37-26-28-39-38-27-25-35(33-17-9-6-10-18-33)30-44(38)49(3,4)45(39)31-37/h5-31H,1-4H3. The SMILES string of the molecule is C[Si]1(C)c2cc(-c3ccccc3)ccc2-c2ccc(N(c3cccc(-c4ccccc4)c3)c3cccc4c3-c3ccccc3[Si]4(C)C)cc21. The van der Waals surface area contributed by atoms with E-state index in [1.54, 1.807) is 0 Å². The molecule has 2 aliphatic rings. The molecule has 0 spiro atoms. The lowest BCUT2D eigenvalue weighted by Crippen LogP contribution is -2.49. The van der Waals surface area contributed by atoms with E-state index < -0.39 is 16.1 Å². The van der Waals surface area contributed by atoms with Gasteiger partial charge in [0.1, 0.15) is 16.1 Å². The highest BCUT2D eigenvalue weighted by molar-refractivity contribution is 7.04. The zero-order valence-electron chi connectivity index (χ0n) is 28.5. The van der Waals surface area contributed by atoms with E-state index in [0.29, 0.717) is 0 Å². The Hall–Kier alpha value is -5.23. The van der Waals surface area contributed by atoms with Gasteiger partial charge in [-0.2, -0.15) is 0 Å². The zero-order chi connectivity index (χ0) is 33.3. The number of hydrogen-bond acceptors (Lipinski definition) is 1. The number of fused-ring (bicyclic) bond motifs is 6. The summed E-state index contributed by atoms with van der Waals surface area (Å²) in [6.45, 7) is 10.1. The molecule has 0 N–H and O–H groups in total. The van der Waals surface area contributed by atoms with Crippen LogP contribution in [0.4, 0.5) is 17.1 Å². The number of anilines is 3. The third-order valence-electron chi connectivity index (χ3n) is 11.1. The molecule has 3 heteroatoms. The van der Waals surface area contributed by atoms with Crippen molar-refractivity contribution in [2.75, 3.05) is 4.90 Å². The van der Waals surface area contributed by atoms with E-state index in [0.717, 1.165) is 0 Å². The van der Waals surface area contributed by atoms with Crippen molar-refractivity contribution in [2.24, 2.45) is 0 Å². The van der Waals surface area contributed by atoms with Gasteiger partial charge in [0.25, 0.3) is 0 Å². The molecule has 0 unspecified atom stereocenters. The molecule has 2 aliphatic heterocycles. The van der Waals surface area contributed by atoms with Gasteiger partial charge in [0, 0.05) is 16.9 Å². The molecule has 7 aromatic carbocycles. The first kappa shape index (κ1) is 29.9. The quantitative estimate of drug-likeness (QED) is 0.166. The van der Waals surface area contributed by atoms with Crippen molar-refractivity contribution in [3.8, 4) is 44.5 Å². The first-order chi connectivity index (χ1) is 23.8. The molecular weight excluding hydrogens is 623 g/mol. The van der Waals surface area contributed by atoms with Crippen molar-refractivity contribution >= 4 is 54.0 Å². The van der Waals surface area contributed by atoms with Crippen LogP contribution < -0.4 is 25.6 Å². The van der Waals surface area contributed by atoms with Crippen molar-refractivity contribution in [1.29, 1.82) is 0 Å². The Kier molecular flexibility index (Phi) is 6.81. The second kappa shape index (κ2) is 11.2. The summed E-state index contributed by atoms with van der Waals surface area (Å²) in [5.41, 5.74) is 14.3. The number of benzene rings is 7. The minimum atomic E-state index is -2.01. The first-order valence-electron chi connectivity index (χ1n) is 17.4. The monoisotopic (exact) mass is 661 g/mol. The van der Waals surface area contributed by atoms with E-state index in [9.17, 15) is 0 Å². The zero-order valence-corrected chi connectivity index (χ0v) is 30.5. The van der Waals surface area contributed by atoms with Gasteiger partial charge in [-0.1, -0.05) is 160 Å². The molecule has 49 heavy (non-hydrogen) atoms. The predicted molar refractivity (Wildman–Crippen MR) is 216 cm³/mol. The number of nitrogens with zero attached hydrogens (tertiary/aromatic N) is 1. The van der Waals surface area contributed by atoms with Gasteiger partial charge < -0.3 is 4.90 Å². The minimum Gasteiger partial charge on any atom is -0.310 e. The van der Waals surface area contributed by atoms with Gasteiger partial charge in [-0.25, -0.2) is 0 Å². The molecule has 0 aromatic heterocycles. The van der Waals surface area contributed by atoms with Crippen LogP contribution >= 0.6 is 0 Å². The highest BCUT2D eigenvalue weighted by atomic mass is 28.3. The van der Waals surface area contributed by atoms with Gasteiger partial charge in [0.15, 0.2) is 0 Å². The molecule has 0 fully saturated rings. The Balaban J connectivity index is 1.25. The van der Waals surface area contributed by atoms with Crippen LogP contribution in [0.2, 0.25) is 26.2 Å². The fraction of sp³-hybridized carbons (Fsp3) is 0.0870. The normalized spacial score (nSPS) is 14.4. The maximum Gasteiger partial charge on any atom is 0.113 e. The van der Waals surface area contributed by atoms with Crippen molar-refractivity contribution in [1.82, 2.24) is 0 Å². The van der Waals surface area contributed by atoms with Gasteiger partial charge in [0.05, 0.1) is 5.69 Å². The van der Waals surface area contributed by atoms with E-state index in [1.165, 1.54) is 82.3 Å². The van der Waals surface area contributed by atoms with Crippen molar-refractivity contribution in [3.05, 3.63) is 164 Å². The topological polar surface area (TPSA) is 3.24 Å². The fourth-order valence-electron chi connectivity index (χ4n) is 8.48. The third-order valence-corrected chi connectivity index (χ3v) is 18.1. The molecule has 0 bridgehead atoms. The smallest absolute Gasteiger partial charge is 0.113 e. The van der Waals surface area contributed by atoms with Crippen LogP contribution in [0.3, 0.4) is 0 Å². The van der Waals surface area contributed by atoms with E-state index in [4.69, 9.17) is 0 Å². The van der Waals surface area contributed by atoms with Crippen molar-refractivity contribution in [2.45, 2.75) is 26.2 Å². The second-order valence-corrected chi connectivity index (χ2v) is 23.3. The van der Waals surface area contributed by atoms with E-state index in [2.05, 4.69) is 195 Å². The van der Waals surface area contributed by atoms with E-state index in [-0.39, 0.29) is 0 Å². The summed E-state index contributed by atoms with van der Waals surface area (Å²) >= 11 is 0. The average Bonchev–Trinajstić information content (AvgIpc) is 3.52. The van der Waals surface area contributed by atoms with Crippen LogP contribution in [0.15, 0.2) is 164 Å². The van der Waals surface area contributed by atoms with Crippen LogP contribution in [-0.4, -0.2) is 16.1 Å². The summed E-state index contributed by atoms with van der Waals surface area (Å²) in [7, 11) is -3.87. The lowest BCUT2D eigenvalue weighted by atomic mass is 9.99. The minimum absolute atomic E-state index is 1.18. The van der Waals surface area contributed by atoms with Crippen molar-refractivity contribution < 1.29 is 0 Å². The van der Waals surface area contributed by atoms with Gasteiger partial charge in [-0.15, -0.1) is 0 Å². The molecule has 2 heterocycles. The molecule has 0 saturated heterocycles. The molecule has 0 aliphatic carbocycles. The van der Waals surface area contributed by atoms with Gasteiger partial charge in [-0.05, 0) is 90.0 Å². The molecule has 0 amide bonds. The highest BCUT2D eigenvalue weighted by Gasteiger charge is 2.41. The second-order valence-electron chi connectivity index (χ2n) is 14.6. The van der Waals surface area contributed by atoms with Crippen LogP contribution in [-0.2, 0) is 0 Å². The summed E-state index contributed by atoms with van der Waals surface area (Å²) in [6.07, 6.45) is 0. The lowest BCUT2D eigenvalue weighted by molar-refractivity contribution is 1.29. The first-order valence-corrected chi connectivity index (χ1v) is 23.4. The largest absolute Gasteiger partial charge is 0.310 e. The molecular formula is C46H39NSi2. The Morgan fingerprint density at radius 1 is 0.347 bits per heavy atom. The highest BCUT2D eigenvalue weighted by Crippen LogP contribution is 2.44. The van der Waals surface area contributed by atoms with E-state index in [1.807, 2.05) is 0 Å². The summed E-state index contributed by atoms with van der Waals surface area (Å²) < 4.78 is 0. The molecule has 0 atom stereocenters. The Morgan fingerprint density at radius 2 is 0.878 bits per heavy atom. The molecule has 0 radical (unpaired) electrons. The van der Waals surface area contributed by atoms with Crippen molar-refractivity contribution in [3.63, 3.8) is 0 Å². The van der Waals surface area contributed by atoms with Gasteiger partial charge >= 0.3 is 0 Å². The summed E-state index contributed by atoms with van der Waals surface area (Å²) in [4.78, 5) is 2.54. The number of hydrogen-bond donors (Lipinski definition) is 0. The fourth-order valence-corrected chi connectivity index (χ4v) is 14.7. The van der Waals surface area contributed by atoms with Gasteiger partial charge in [0.2, 0.25) is 0 Å². The Bertz CT molecular complexity index is 2390. The van der Waals surface area contributed by atoms with Crippen LogP contribution in [0.5, 0.6) is 0 Å². The molecule has 0 saturated carbocycles. The molecule has 236 valence electrons. The van der Waals surface area contributed by atoms with Crippen LogP contribution in [0.1, 0.15) is 0 Å². The molecule has 7 aromatic rings. The van der Waals surface area contributed by atoms with Gasteiger partial charge in [-0.3, -0.25) is 0 Å². The molecule has 9 rings (SSSR count). The predicted octanol–water partition coefficient (Wildman–Crippen LogP) is 10.1. The molecule has 1 nitrogen and oxygen atoms in total. The Morgan fingerprint density at radius 3 is 1.61 bits per heavy atom. The third kappa shape index (κ3) is 4.64. The Labute approximate surface area is 292 Å². The summed E-state index contributed by atoms with van der Waals surface area (Å²) in [5.74, 6) is 0. The summed E-state index contributed by atoms with van der Waals surface area (Å²) in [6, 6.07) is 61.3. The summed E-state index contributed by atoms with van der Waals surface area (Å²) in [5, 5.41) is 6.09.